The van der Waals surface area contributed by atoms with Gasteiger partial charge in [0, 0.05) is 44.1 Å². The van der Waals surface area contributed by atoms with E-state index in [9.17, 15) is 20.2 Å². The molecule has 0 spiro atoms. The van der Waals surface area contributed by atoms with Crippen LogP contribution in [-0.2, 0) is 4.79 Å². The van der Waals surface area contributed by atoms with Crippen molar-refractivity contribution in [3.63, 3.8) is 0 Å². The van der Waals surface area contributed by atoms with Gasteiger partial charge in [0.25, 0.3) is 11.6 Å². The molecular weight excluding hydrogens is 478 g/mol. The van der Waals surface area contributed by atoms with Gasteiger partial charge < -0.3 is 10.2 Å². The second kappa shape index (κ2) is 11.5. The SMILES string of the molecule is N#C/C(=C/Nc1ccc(Cl)c([N+](=O)[O-])c1)C(=O)N1CCN(C(c2ccccc2)c2ccccc2)CC1. The minimum absolute atomic E-state index is 0.00768. The zero-order chi connectivity index (χ0) is 25.5. The molecule has 0 aromatic heterocycles. The molecular formula is C27H24ClN5O3. The van der Waals surface area contributed by atoms with Crippen LogP contribution in [0.4, 0.5) is 11.4 Å². The summed E-state index contributed by atoms with van der Waals surface area (Å²) in [6.07, 6.45) is 1.28. The molecule has 1 N–H and O–H groups in total. The number of piperazine rings is 1. The number of anilines is 1. The molecule has 0 atom stereocenters. The van der Waals surface area contributed by atoms with Gasteiger partial charge in [-0.3, -0.25) is 19.8 Å². The number of nitro groups is 1. The molecule has 36 heavy (non-hydrogen) atoms. The van der Waals surface area contributed by atoms with Crippen molar-refractivity contribution >= 4 is 28.9 Å². The molecule has 8 nitrogen and oxygen atoms in total. The Labute approximate surface area is 214 Å². The standard InChI is InChI=1S/C27H24ClN5O3/c28-24-12-11-23(17-25(24)33(35)36)30-19-22(18-29)27(34)32-15-13-31(14-16-32)26(20-7-3-1-4-8-20)21-9-5-2-6-10-21/h1-12,17,19,26,30H,13-16H2/b22-19-. The van der Waals surface area contributed by atoms with Gasteiger partial charge in [-0.1, -0.05) is 72.3 Å². The Balaban J connectivity index is 1.45. The second-order valence-electron chi connectivity index (χ2n) is 8.29. The summed E-state index contributed by atoms with van der Waals surface area (Å²) in [7, 11) is 0. The van der Waals surface area contributed by atoms with Crippen LogP contribution in [0.1, 0.15) is 17.2 Å². The van der Waals surface area contributed by atoms with Crippen molar-refractivity contribution in [3.8, 4) is 6.07 Å². The highest BCUT2D eigenvalue weighted by atomic mass is 35.5. The highest BCUT2D eigenvalue weighted by Gasteiger charge is 2.29. The quantitative estimate of drug-likeness (QED) is 0.211. The van der Waals surface area contributed by atoms with E-state index in [1.165, 1.54) is 35.5 Å². The Morgan fingerprint density at radius 1 is 1.00 bits per heavy atom. The van der Waals surface area contributed by atoms with Gasteiger partial charge in [-0.25, -0.2) is 0 Å². The number of rotatable bonds is 7. The van der Waals surface area contributed by atoms with E-state index in [4.69, 9.17) is 11.6 Å². The lowest BCUT2D eigenvalue weighted by Gasteiger charge is -2.39. The predicted molar refractivity (Wildman–Crippen MR) is 138 cm³/mol. The Morgan fingerprint density at radius 2 is 1.58 bits per heavy atom. The summed E-state index contributed by atoms with van der Waals surface area (Å²) < 4.78 is 0. The molecule has 0 aliphatic carbocycles. The molecule has 3 aromatic carbocycles. The zero-order valence-corrected chi connectivity index (χ0v) is 20.1. The van der Waals surface area contributed by atoms with E-state index in [2.05, 4.69) is 34.5 Å². The third-order valence-corrected chi connectivity index (χ3v) is 6.39. The van der Waals surface area contributed by atoms with Crippen LogP contribution in [0.3, 0.4) is 0 Å². The molecule has 1 amide bonds. The minimum Gasteiger partial charge on any atom is -0.360 e. The number of carbonyl (C=O) groups is 1. The van der Waals surface area contributed by atoms with Gasteiger partial charge in [-0.15, -0.1) is 0 Å². The number of nitro benzene ring substituents is 1. The number of hydrogen-bond acceptors (Lipinski definition) is 6. The summed E-state index contributed by atoms with van der Waals surface area (Å²) in [5.74, 6) is -0.385. The van der Waals surface area contributed by atoms with Crippen molar-refractivity contribution in [1.29, 1.82) is 5.26 Å². The first-order chi connectivity index (χ1) is 17.5. The third-order valence-electron chi connectivity index (χ3n) is 6.07. The van der Waals surface area contributed by atoms with Crippen LogP contribution in [0.2, 0.25) is 5.02 Å². The van der Waals surface area contributed by atoms with Crippen LogP contribution in [0.5, 0.6) is 0 Å². The largest absolute Gasteiger partial charge is 0.360 e. The highest BCUT2D eigenvalue weighted by molar-refractivity contribution is 6.32. The lowest BCUT2D eigenvalue weighted by molar-refractivity contribution is -0.384. The first-order valence-electron chi connectivity index (χ1n) is 11.4. The molecule has 3 aromatic rings. The summed E-state index contributed by atoms with van der Waals surface area (Å²) >= 11 is 5.84. The van der Waals surface area contributed by atoms with Gasteiger partial charge in [0.05, 0.1) is 11.0 Å². The fourth-order valence-corrected chi connectivity index (χ4v) is 4.46. The van der Waals surface area contributed by atoms with Crippen molar-refractivity contribution in [3.05, 3.63) is 117 Å². The lowest BCUT2D eigenvalue weighted by Crippen LogP contribution is -2.50. The van der Waals surface area contributed by atoms with E-state index in [1.807, 2.05) is 42.5 Å². The van der Waals surface area contributed by atoms with Crippen LogP contribution >= 0.6 is 11.6 Å². The normalized spacial score (nSPS) is 14.4. The topological polar surface area (TPSA) is 103 Å². The van der Waals surface area contributed by atoms with E-state index in [1.54, 1.807) is 4.90 Å². The third kappa shape index (κ3) is 5.71. The number of carbonyl (C=O) groups excluding carboxylic acids is 1. The van der Waals surface area contributed by atoms with Gasteiger partial charge >= 0.3 is 0 Å². The molecule has 0 saturated carbocycles. The number of nitrogens with one attached hydrogen (secondary N) is 1. The monoisotopic (exact) mass is 501 g/mol. The molecule has 182 valence electrons. The van der Waals surface area contributed by atoms with Crippen molar-refractivity contribution < 1.29 is 9.72 Å². The Hall–Kier alpha value is -4.19. The highest BCUT2D eigenvalue weighted by Crippen LogP contribution is 2.30. The predicted octanol–water partition coefficient (Wildman–Crippen LogP) is 5.00. The molecule has 4 rings (SSSR count). The van der Waals surface area contributed by atoms with Crippen LogP contribution < -0.4 is 5.32 Å². The van der Waals surface area contributed by atoms with Crippen LogP contribution in [0, 0.1) is 21.4 Å². The van der Waals surface area contributed by atoms with E-state index in [0.717, 1.165) is 0 Å². The smallest absolute Gasteiger partial charge is 0.289 e. The van der Waals surface area contributed by atoms with Gasteiger partial charge in [0.15, 0.2) is 0 Å². The summed E-state index contributed by atoms with van der Waals surface area (Å²) in [4.78, 5) is 27.6. The van der Waals surface area contributed by atoms with Gasteiger partial charge in [-0.05, 0) is 23.3 Å². The maximum absolute atomic E-state index is 13.0. The van der Waals surface area contributed by atoms with E-state index in [0.29, 0.717) is 31.9 Å². The number of nitriles is 1. The number of amides is 1. The summed E-state index contributed by atoms with van der Waals surface area (Å²) in [5.41, 5.74) is 2.38. The molecule has 1 aliphatic rings. The molecule has 0 bridgehead atoms. The van der Waals surface area contributed by atoms with Gasteiger partial charge in [0.1, 0.15) is 16.7 Å². The average Bonchev–Trinajstić information content (AvgIpc) is 2.91. The van der Waals surface area contributed by atoms with E-state index >= 15 is 0 Å². The van der Waals surface area contributed by atoms with Crippen LogP contribution in [0.25, 0.3) is 0 Å². The Morgan fingerprint density at radius 3 is 2.11 bits per heavy atom. The number of halogens is 1. The first kappa shape index (κ1) is 24.9. The first-order valence-corrected chi connectivity index (χ1v) is 11.8. The average molecular weight is 502 g/mol. The lowest BCUT2D eigenvalue weighted by atomic mass is 9.96. The fraction of sp³-hybridized carbons (Fsp3) is 0.185. The summed E-state index contributed by atoms with van der Waals surface area (Å²) in [6.45, 7) is 2.24. The summed E-state index contributed by atoms with van der Waals surface area (Å²) in [5, 5.41) is 23.5. The molecule has 1 fully saturated rings. The van der Waals surface area contributed by atoms with Gasteiger partial charge in [0.2, 0.25) is 0 Å². The Kier molecular flexibility index (Phi) is 7.95. The molecule has 1 saturated heterocycles. The van der Waals surface area contributed by atoms with E-state index in [-0.39, 0.29) is 28.2 Å². The van der Waals surface area contributed by atoms with Crippen molar-refractivity contribution in [2.45, 2.75) is 6.04 Å². The zero-order valence-electron chi connectivity index (χ0n) is 19.4. The van der Waals surface area contributed by atoms with Crippen LogP contribution in [-0.4, -0.2) is 46.8 Å². The number of hydrogen-bond donors (Lipinski definition) is 1. The second-order valence-corrected chi connectivity index (χ2v) is 8.70. The van der Waals surface area contributed by atoms with Crippen molar-refractivity contribution in [2.75, 3.05) is 31.5 Å². The summed E-state index contributed by atoms with van der Waals surface area (Å²) in [6, 6.07) is 26.7. The molecule has 1 aliphatic heterocycles. The molecule has 0 unspecified atom stereocenters. The molecule has 1 heterocycles. The Bertz CT molecular complexity index is 1260. The fourth-order valence-electron chi connectivity index (χ4n) is 4.28. The number of nitrogens with zero attached hydrogens (tertiary/aromatic N) is 4. The molecule has 0 radical (unpaired) electrons. The number of benzene rings is 3. The van der Waals surface area contributed by atoms with Crippen molar-refractivity contribution in [2.24, 2.45) is 0 Å². The van der Waals surface area contributed by atoms with Crippen LogP contribution in [0.15, 0.2) is 90.6 Å². The maximum atomic E-state index is 13.0. The minimum atomic E-state index is -0.592. The maximum Gasteiger partial charge on any atom is 0.289 e. The van der Waals surface area contributed by atoms with E-state index < -0.39 is 4.92 Å². The van der Waals surface area contributed by atoms with Gasteiger partial charge in [-0.2, -0.15) is 5.26 Å². The van der Waals surface area contributed by atoms with Crippen molar-refractivity contribution in [1.82, 2.24) is 9.80 Å². The molecule has 9 heteroatoms.